The van der Waals surface area contributed by atoms with Gasteiger partial charge in [-0.15, -0.1) is 0 Å². The largest absolute Gasteiger partial charge is 0.493 e. The van der Waals surface area contributed by atoms with Crippen LogP contribution in [-0.2, 0) is 16.2 Å². The molecule has 1 aromatic carbocycles. The molecular formula is C14H12ClF4N5O4. The van der Waals surface area contributed by atoms with Crippen molar-refractivity contribution >= 4 is 29.1 Å². The first-order valence-electron chi connectivity index (χ1n) is 7.43. The maximum absolute atomic E-state index is 13.3. The van der Waals surface area contributed by atoms with Crippen LogP contribution in [0.2, 0.25) is 5.02 Å². The molecule has 0 bridgehead atoms. The third-order valence-electron chi connectivity index (χ3n) is 2.98. The quantitative estimate of drug-likeness (QED) is 0.210. The van der Waals surface area contributed by atoms with Gasteiger partial charge in [0.15, 0.2) is 11.5 Å². The summed E-state index contributed by atoms with van der Waals surface area (Å²) in [5, 5.41) is 18.3. The first-order chi connectivity index (χ1) is 13.2. The van der Waals surface area contributed by atoms with Gasteiger partial charge in [0, 0.05) is 13.1 Å². The number of rotatable bonds is 6. The minimum Gasteiger partial charge on any atom is -0.395 e. The second-order valence-electron chi connectivity index (χ2n) is 5.01. The zero-order valence-corrected chi connectivity index (χ0v) is 14.5. The Bertz CT molecular complexity index is 858. The third kappa shape index (κ3) is 5.87. The molecule has 152 valence electrons. The highest BCUT2D eigenvalue weighted by Gasteiger charge is 2.42. The molecule has 0 radical (unpaired) electrons. The Balaban J connectivity index is 2.33. The Morgan fingerprint density at radius 1 is 1.36 bits per heavy atom. The topological polar surface area (TPSA) is 122 Å². The lowest BCUT2D eigenvalue weighted by molar-refractivity contribution is -0.203. The number of aliphatic imine (C=N–C) groups is 1. The van der Waals surface area contributed by atoms with Crippen molar-refractivity contribution in [1.29, 1.82) is 0 Å². The standard InChI is InChI=1S/C14H12ClF4N5O4/c15-8-5-7(1-2-9(8)16)21-12(24-27-13(26)14(17,18)19)11-10(22-28-23-11)6-20-3-4-25/h1-2,5,20,25H,3-4,6H2,(H,21,24). The van der Waals surface area contributed by atoms with E-state index in [1.807, 2.05) is 0 Å². The number of carbonyl (C=O) groups excluding carboxylic acids is 1. The SMILES string of the molecule is O=C(ONC(=Nc1ccc(F)c(Cl)c1)c1nonc1CNCCO)C(F)(F)F. The first-order valence-corrected chi connectivity index (χ1v) is 7.81. The van der Waals surface area contributed by atoms with Crippen LogP contribution in [0.1, 0.15) is 11.4 Å². The van der Waals surface area contributed by atoms with Crippen molar-refractivity contribution < 1.29 is 36.9 Å². The number of alkyl halides is 3. The zero-order valence-electron chi connectivity index (χ0n) is 13.8. The van der Waals surface area contributed by atoms with Gasteiger partial charge >= 0.3 is 12.1 Å². The number of nitrogens with zero attached hydrogens (tertiary/aromatic N) is 3. The lowest BCUT2D eigenvalue weighted by Crippen LogP contribution is -2.35. The zero-order chi connectivity index (χ0) is 20.7. The Labute approximate surface area is 159 Å². The second-order valence-corrected chi connectivity index (χ2v) is 5.42. The summed E-state index contributed by atoms with van der Waals surface area (Å²) < 4.78 is 54.9. The van der Waals surface area contributed by atoms with E-state index in [4.69, 9.17) is 16.7 Å². The Hall–Kier alpha value is -2.77. The van der Waals surface area contributed by atoms with Gasteiger partial charge in [-0.25, -0.2) is 18.8 Å². The molecule has 0 unspecified atom stereocenters. The van der Waals surface area contributed by atoms with Crippen LogP contribution >= 0.6 is 11.6 Å². The van der Waals surface area contributed by atoms with Crippen LogP contribution in [0.15, 0.2) is 27.8 Å². The van der Waals surface area contributed by atoms with Gasteiger partial charge in [0.25, 0.3) is 0 Å². The predicted molar refractivity (Wildman–Crippen MR) is 86.0 cm³/mol. The van der Waals surface area contributed by atoms with Crippen molar-refractivity contribution in [2.45, 2.75) is 12.7 Å². The molecule has 0 spiro atoms. The van der Waals surface area contributed by atoms with Gasteiger partial charge in [0.1, 0.15) is 11.5 Å². The van der Waals surface area contributed by atoms with E-state index in [1.165, 1.54) is 6.07 Å². The van der Waals surface area contributed by atoms with E-state index in [9.17, 15) is 22.4 Å². The average Bonchev–Trinajstić information content (AvgIpc) is 3.09. The van der Waals surface area contributed by atoms with Gasteiger partial charge in [-0.3, -0.25) is 0 Å². The molecule has 0 amide bonds. The van der Waals surface area contributed by atoms with Crippen molar-refractivity contribution in [3.63, 3.8) is 0 Å². The molecule has 1 aromatic heterocycles. The molecule has 2 rings (SSSR count). The van der Waals surface area contributed by atoms with E-state index < -0.39 is 23.8 Å². The summed E-state index contributed by atoms with van der Waals surface area (Å²) in [5.41, 5.74) is 1.64. The summed E-state index contributed by atoms with van der Waals surface area (Å²) in [6, 6.07) is 3.23. The van der Waals surface area contributed by atoms with Gasteiger partial charge in [-0.2, -0.15) is 18.7 Å². The number of hydrogen-bond donors (Lipinski definition) is 3. The number of hydrogen-bond acceptors (Lipinski definition) is 8. The summed E-state index contributed by atoms with van der Waals surface area (Å²) in [5.74, 6) is -3.76. The van der Waals surface area contributed by atoms with Crippen LogP contribution in [0, 0.1) is 5.82 Å². The maximum atomic E-state index is 13.3. The van der Waals surface area contributed by atoms with Gasteiger partial charge in [-0.05, 0) is 23.4 Å². The smallest absolute Gasteiger partial charge is 0.395 e. The molecule has 0 aliphatic carbocycles. The molecule has 0 saturated heterocycles. The molecule has 28 heavy (non-hydrogen) atoms. The molecule has 2 aromatic rings. The van der Waals surface area contributed by atoms with Crippen molar-refractivity contribution in [3.05, 3.63) is 40.4 Å². The summed E-state index contributed by atoms with van der Waals surface area (Å²) in [7, 11) is 0. The predicted octanol–water partition coefficient (Wildman–Crippen LogP) is 1.63. The third-order valence-corrected chi connectivity index (χ3v) is 3.27. The van der Waals surface area contributed by atoms with Gasteiger partial charge in [0.05, 0.1) is 17.3 Å². The Kier molecular flexibility index (Phi) is 7.25. The normalized spacial score (nSPS) is 12.1. The minimum atomic E-state index is -5.26. The van der Waals surface area contributed by atoms with Crippen molar-refractivity contribution in [2.24, 2.45) is 4.99 Å². The number of benzene rings is 1. The molecule has 0 aliphatic heterocycles. The Morgan fingerprint density at radius 2 is 2.11 bits per heavy atom. The lowest BCUT2D eigenvalue weighted by atomic mass is 10.2. The van der Waals surface area contributed by atoms with Crippen LogP contribution < -0.4 is 10.8 Å². The van der Waals surface area contributed by atoms with Crippen molar-refractivity contribution in [1.82, 2.24) is 21.1 Å². The number of halogens is 5. The monoisotopic (exact) mass is 425 g/mol. The number of nitrogens with one attached hydrogen (secondary N) is 2. The van der Waals surface area contributed by atoms with Crippen molar-refractivity contribution in [2.75, 3.05) is 13.2 Å². The summed E-state index contributed by atoms with van der Waals surface area (Å²) in [6.45, 7) is -0.00258. The van der Waals surface area contributed by atoms with Crippen molar-refractivity contribution in [3.8, 4) is 0 Å². The van der Waals surface area contributed by atoms with Crippen LogP contribution in [0.3, 0.4) is 0 Å². The van der Waals surface area contributed by atoms with E-state index in [-0.39, 0.29) is 41.8 Å². The minimum absolute atomic E-state index is 0.00250. The van der Waals surface area contributed by atoms with Gasteiger partial charge in [0.2, 0.25) is 0 Å². The molecule has 14 heteroatoms. The van der Waals surface area contributed by atoms with Crippen LogP contribution in [0.4, 0.5) is 23.2 Å². The fourth-order valence-corrected chi connectivity index (χ4v) is 1.92. The number of carbonyl (C=O) groups is 1. The second kappa shape index (κ2) is 9.43. The number of amidine groups is 1. The highest BCUT2D eigenvalue weighted by Crippen LogP contribution is 2.22. The summed E-state index contributed by atoms with van der Waals surface area (Å²) in [6.07, 6.45) is -5.26. The number of aliphatic hydroxyl groups is 1. The maximum Gasteiger partial charge on any atom is 0.493 e. The molecule has 0 saturated carbocycles. The van der Waals surface area contributed by atoms with Crippen LogP contribution in [-0.4, -0.2) is 46.6 Å². The van der Waals surface area contributed by atoms with Gasteiger partial charge in [-0.1, -0.05) is 16.8 Å². The molecular weight excluding hydrogens is 414 g/mol. The lowest BCUT2D eigenvalue weighted by Gasteiger charge is -2.10. The van der Waals surface area contributed by atoms with E-state index in [0.717, 1.165) is 12.1 Å². The van der Waals surface area contributed by atoms with Crippen LogP contribution in [0.25, 0.3) is 0 Å². The highest BCUT2D eigenvalue weighted by atomic mass is 35.5. The molecule has 1 heterocycles. The first kappa shape index (κ1) is 21.5. The number of aliphatic hydroxyl groups excluding tert-OH is 1. The van der Waals surface area contributed by atoms with E-state index in [0.29, 0.717) is 0 Å². The van der Waals surface area contributed by atoms with E-state index >= 15 is 0 Å². The van der Waals surface area contributed by atoms with E-state index in [1.54, 1.807) is 5.48 Å². The number of aromatic nitrogens is 2. The average molecular weight is 426 g/mol. The molecule has 0 atom stereocenters. The molecule has 3 N–H and O–H groups in total. The molecule has 9 nitrogen and oxygen atoms in total. The van der Waals surface area contributed by atoms with E-state index in [2.05, 4.69) is 30.1 Å². The van der Waals surface area contributed by atoms with Crippen LogP contribution in [0.5, 0.6) is 0 Å². The fourth-order valence-electron chi connectivity index (χ4n) is 1.75. The molecule has 0 aliphatic rings. The van der Waals surface area contributed by atoms with Gasteiger partial charge < -0.3 is 15.3 Å². The summed E-state index contributed by atoms with van der Waals surface area (Å²) in [4.78, 5) is 18.8. The Morgan fingerprint density at radius 3 is 2.75 bits per heavy atom. The molecule has 0 fully saturated rings. The fraction of sp³-hybridized carbons (Fsp3) is 0.286. The summed E-state index contributed by atoms with van der Waals surface area (Å²) >= 11 is 5.65. The highest BCUT2D eigenvalue weighted by molar-refractivity contribution is 6.31. The number of hydroxylamine groups is 1.